The van der Waals surface area contributed by atoms with E-state index < -0.39 is 0 Å². The van der Waals surface area contributed by atoms with Gasteiger partial charge in [0.15, 0.2) is 5.58 Å². The van der Waals surface area contributed by atoms with Gasteiger partial charge in [0.1, 0.15) is 16.7 Å². The second-order valence-corrected chi connectivity index (χ2v) is 14.7. The summed E-state index contributed by atoms with van der Waals surface area (Å²) in [5.41, 5.74) is 16.5. The molecule has 0 spiro atoms. The first-order valence-electron chi connectivity index (χ1n) is 19.9. The molecule has 4 heteroatoms. The number of nitrogens with zero attached hydrogens (tertiary/aromatic N) is 2. The summed E-state index contributed by atoms with van der Waals surface area (Å²) in [5.74, 6) is 0.598. The lowest BCUT2D eigenvalue weighted by atomic mass is 9.93. The van der Waals surface area contributed by atoms with E-state index in [1.54, 1.807) is 0 Å². The van der Waals surface area contributed by atoms with Gasteiger partial charge >= 0.3 is 0 Å². The molecule has 0 N–H and O–H groups in total. The van der Waals surface area contributed by atoms with Gasteiger partial charge in [0.05, 0.1) is 5.39 Å². The lowest BCUT2D eigenvalue weighted by Crippen LogP contribution is -2.10. The van der Waals surface area contributed by atoms with Crippen LogP contribution < -0.4 is 4.90 Å². The Bertz CT molecular complexity index is 3240. The Kier molecular flexibility index (Phi) is 8.45. The van der Waals surface area contributed by atoms with Crippen molar-refractivity contribution in [3.05, 3.63) is 218 Å². The maximum absolute atomic E-state index is 6.54. The molecule has 4 nitrogen and oxygen atoms in total. The van der Waals surface area contributed by atoms with Gasteiger partial charge in [-0.15, -0.1) is 0 Å². The van der Waals surface area contributed by atoms with Crippen molar-refractivity contribution < 1.29 is 8.83 Å². The van der Waals surface area contributed by atoms with E-state index in [2.05, 4.69) is 181 Å². The Morgan fingerprint density at radius 2 is 0.915 bits per heavy atom. The van der Waals surface area contributed by atoms with E-state index in [4.69, 9.17) is 13.8 Å². The zero-order chi connectivity index (χ0) is 39.1. The Morgan fingerprint density at radius 1 is 0.339 bits per heavy atom. The zero-order valence-electron chi connectivity index (χ0n) is 32.0. The second kappa shape index (κ2) is 14.5. The van der Waals surface area contributed by atoms with Crippen LogP contribution in [0.2, 0.25) is 0 Å². The fourth-order valence-corrected chi connectivity index (χ4v) is 8.23. The molecule has 0 amide bonds. The Morgan fingerprint density at radius 3 is 1.63 bits per heavy atom. The van der Waals surface area contributed by atoms with Gasteiger partial charge in [0.2, 0.25) is 5.89 Å². The van der Waals surface area contributed by atoms with Crippen LogP contribution in [0.4, 0.5) is 17.1 Å². The molecule has 0 aliphatic rings. The van der Waals surface area contributed by atoms with Crippen molar-refractivity contribution in [1.29, 1.82) is 0 Å². The number of rotatable bonds is 8. The molecule has 11 rings (SSSR count). The smallest absolute Gasteiger partial charge is 0.227 e. The second-order valence-electron chi connectivity index (χ2n) is 14.7. The summed E-state index contributed by atoms with van der Waals surface area (Å²) in [6, 6.07) is 76.6. The molecule has 278 valence electrons. The normalized spacial score (nSPS) is 11.4. The summed E-state index contributed by atoms with van der Waals surface area (Å²) >= 11 is 0. The standard InChI is InChI=1S/C55H36N2O2/c1-5-14-37(15-6-1)41-20-13-21-42(34-41)38-24-27-45(28-25-38)57(44-22-11-4-12-23-44)46-29-31-47(49(36-46)39-16-7-2-8-17-39)43-26-30-48-52(35-43)58-51-33-32-50-54(53(48)51)59-55(56-50)40-18-9-3-10-19-40/h1-36H. The molecule has 0 atom stereocenters. The fourth-order valence-electron chi connectivity index (χ4n) is 8.23. The molecular formula is C55H36N2O2. The molecule has 0 unspecified atom stereocenters. The summed E-state index contributed by atoms with van der Waals surface area (Å²) in [5, 5.41) is 1.93. The highest BCUT2D eigenvalue weighted by atomic mass is 16.4. The van der Waals surface area contributed by atoms with Crippen molar-refractivity contribution in [2.24, 2.45) is 0 Å². The number of aromatic nitrogens is 1. The molecule has 2 aromatic heterocycles. The summed E-state index contributed by atoms with van der Waals surface area (Å²) < 4.78 is 12.9. The van der Waals surface area contributed by atoms with Crippen LogP contribution in [0.3, 0.4) is 0 Å². The van der Waals surface area contributed by atoms with Crippen LogP contribution in [-0.4, -0.2) is 4.98 Å². The minimum absolute atomic E-state index is 0.598. The number of para-hydroxylation sites is 1. The Labute approximate surface area is 341 Å². The number of anilines is 3. The van der Waals surface area contributed by atoms with Crippen LogP contribution in [0.15, 0.2) is 227 Å². The lowest BCUT2D eigenvalue weighted by molar-refractivity contribution is 0.622. The third-order valence-corrected chi connectivity index (χ3v) is 11.1. The van der Waals surface area contributed by atoms with E-state index in [-0.39, 0.29) is 0 Å². The first-order valence-corrected chi connectivity index (χ1v) is 19.9. The lowest BCUT2D eigenvalue weighted by Gasteiger charge is -2.27. The maximum Gasteiger partial charge on any atom is 0.227 e. The monoisotopic (exact) mass is 756 g/mol. The molecule has 0 saturated carbocycles. The molecule has 0 fully saturated rings. The Balaban J connectivity index is 1.00. The van der Waals surface area contributed by atoms with Crippen LogP contribution in [-0.2, 0) is 0 Å². The molecule has 0 aliphatic carbocycles. The van der Waals surface area contributed by atoms with Crippen molar-refractivity contribution in [2.75, 3.05) is 4.90 Å². The number of benzene rings is 9. The maximum atomic E-state index is 6.54. The SMILES string of the molecule is c1ccc(-c2cccc(-c3ccc(N(c4ccccc4)c4ccc(-c5ccc6c(c5)oc5ccc7nc(-c8ccccc8)oc7c56)c(-c5ccccc5)c4)cc3)c2)cc1. The van der Waals surface area contributed by atoms with Crippen LogP contribution in [0, 0.1) is 0 Å². The molecule has 0 aliphatic heterocycles. The Hall–Kier alpha value is -7.95. The topological polar surface area (TPSA) is 42.4 Å². The van der Waals surface area contributed by atoms with Gasteiger partial charge < -0.3 is 13.7 Å². The average Bonchev–Trinajstić information content (AvgIpc) is 3.92. The van der Waals surface area contributed by atoms with E-state index in [0.29, 0.717) is 5.89 Å². The summed E-state index contributed by atoms with van der Waals surface area (Å²) in [4.78, 5) is 7.14. The van der Waals surface area contributed by atoms with Crippen LogP contribution in [0.1, 0.15) is 0 Å². The van der Waals surface area contributed by atoms with Crippen LogP contribution in [0.25, 0.3) is 89.0 Å². The van der Waals surface area contributed by atoms with E-state index in [1.807, 2.05) is 42.5 Å². The number of oxazole rings is 1. The molecule has 2 heterocycles. The number of hydrogen-bond donors (Lipinski definition) is 0. The van der Waals surface area contributed by atoms with Gasteiger partial charge in [0, 0.05) is 28.0 Å². The number of fused-ring (bicyclic) bond motifs is 5. The van der Waals surface area contributed by atoms with E-state index >= 15 is 0 Å². The zero-order valence-corrected chi connectivity index (χ0v) is 32.0. The molecule has 0 bridgehead atoms. The van der Waals surface area contributed by atoms with Gasteiger partial charge in [-0.05, 0) is 123 Å². The molecule has 11 aromatic rings. The van der Waals surface area contributed by atoms with E-state index in [9.17, 15) is 0 Å². The van der Waals surface area contributed by atoms with Crippen molar-refractivity contribution in [2.45, 2.75) is 0 Å². The highest BCUT2D eigenvalue weighted by Crippen LogP contribution is 2.43. The molecule has 9 aromatic carbocycles. The van der Waals surface area contributed by atoms with Crippen molar-refractivity contribution in [1.82, 2.24) is 4.98 Å². The van der Waals surface area contributed by atoms with E-state index in [0.717, 1.165) is 77.9 Å². The summed E-state index contributed by atoms with van der Waals surface area (Å²) in [7, 11) is 0. The van der Waals surface area contributed by atoms with Crippen LogP contribution in [0.5, 0.6) is 0 Å². The third-order valence-electron chi connectivity index (χ3n) is 11.1. The fraction of sp³-hybridized carbons (Fsp3) is 0. The predicted octanol–water partition coefficient (Wildman–Crippen LogP) is 15.5. The average molecular weight is 757 g/mol. The summed E-state index contributed by atoms with van der Waals surface area (Å²) in [6.07, 6.45) is 0. The highest BCUT2D eigenvalue weighted by Gasteiger charge is 2.20. The van der Waals surface area contributed by atoms with Crippen molar-refractivity contribution >= 4 is 50.1 Å². The van der Waals surface area contributed by atoms with Crippen LogP contribution >= 0.6 is 0 Å². The molecule has 59 heavy (non-hydrogen) atoms. The minimum atomic E-state index is 0.598. The molecular weight excluding hydrogens is 721 g/mol. The highest BCUT2D eigenvalue weighted by molar-refractivity contribution is 6.17. The van der Waals surface area contributed by atoms with Gasteiger partial charge in [-0.25, -0.2) is 4.98 Å². The van der Waals surface area contributed by atoms with Crippen molar-refractivity contribution in [3.8, 4) is 56.0 Å². The van der Waals surface area contributed by atoms with Gasteiger partial charge in [-0.3, -0.25) is 0 Å². The van der Waals surface area contributed by atoms with Gasteiger partial charge in [-0.2, -0.15) is 0 Å². The summed E-state index contributed by atoms with van der Waals surface area (Å²) in [6.45, 7) is 0. The quantitative estimate of drug-likeness (QED) is 0.155. The first kappa shape index (κ1) is 34.3. The van der Waals surface area contributed by atoms with Gasteiger partial charge in [-0.1, -0.05) is 140 Å². The number of hydrogen-bond acceptors (Lipinski definition) is 4. The largest absolute Gasteiger partial charge is 0.456 e. The van der Waals surface area contributed by atoms with E-state index in [1.165, 1.54) is 22.3 Å². The molecule has 0 radical (unpaired) electrons. The molecule has 0 saturated heterocycles. The van der Waals surface area contributed by atoms with Gasteiger partial charge in [0.25, 0.3) is 0 Å². The van der Waals surface area contributed by atoms with Crippen molar-refractivity contribution in [3.63, 3.8) is 0 Å². The first-order chi connectivity index (χ1) is 29.2. The minimum Gasteiger partial charge on any atom is -0.456 e. The third kappa shape index (κ3) is 6.34. The number of furan rings is 1. The predicted molar refractivity (Wildman–Crippen MR) is 243 cm³/mol.